The van der Waals surface area contributed by atoms with Crippen molar-refractivity contribution < 1.29 is 4.79 Å². The highest BCUT2D eigenvalue weighted by molar-refractivity contribution is 5.94. The van der Waals surface area contributed by atoms with E-state index in [9.17, 15) is 4.79 Å². The fraction of sp³-hybridized carbons (Fsp3) is 0.273. The fourth-order valence-electron chi connectivity index (χ4n) is 3.63. The van der Waals surface area contributed by atoms with Gasteiger partial charge in [0.2, 0.25) is 0 Å². The lowest BCUT2D eigenvalue weighted by molar-refractivity contribution is 0.0706. The minimum Gasteiger partial charge on any atom is -0.338 e. The maximum atomic E-state index is 12.9. The van der Waals surface area contributed by atoms with Crippen LogP contribution in [0, 0.1) is 6.92 Å². The Kier molecular flexibility index (Phi) is 5.28. The van der Waals surface area contributed by atoms with Crippen LogP contribution in [0.2, 0.25) is 0 Å². The van der Waals surface area contributed by atoms with Crippen LogP contribution in [0.25, 0.3) is 0 Å². The van der Waals surface area contributed by atoms with Crippen LogP contribution >= 0.6 is 0 Å². The summed E-state index contributed by atoms with van der Waals surface area (Å²) >= 11 is 0. The monoisotopic (exact) mass is 373 g/mol. The van der Waals surface area contributed by atoms with Gasteiger partial charge in [0.25, 0.3) is 5.91 Å². The van der Waals surface area contributed by atoms with E-state index in [-0.39, 0.29) is 5.91 Å². The zero-order valence-corrected chi connectivity index (χ0v) is 15.9. The molecule has 0 aromatic carbocycles. The number of nitrogens with zero attached hydrogens (tertiary/aromatic N) is 4. The van der Waals surface area contributed by atoms with Crippen LogP contribution in [-0.2, 0) is 0 Å². The summed E-state index contributed by atoms with van der Waals surface area (Å²) < 4.78 is 0. The molecule has 1 aliphatic rings. The Morgan fingerprint density at radius 3 is 2.82 bits per heavy atom. The van der Waals surface area contributed by atoms with Crippen molar-refractivity contribution in [2.75, 3.05) is 18.4 Å². The molecule has 28 heavy (non-hydrogen) atoms. The smallest absolute Gasteiger partial charge is 0.255 e. The van der Waals surface area contributed by atoms with Crippen molar-refractivity contribution in [1.82, 2.24) is 19.9 Å². The molecule has 4 heterocycles. The van der Waals surface area contributed by atoms with Crippen molar-refractivity contribution in [2.24, 2.45) is 0 Å². The van der Waals surface area contributed by atoms with Gasteiger partial charge in [-0.2, -0.15) is 0 Å². The number of amides is 1. The maximum absolute atomic E-state index is 12.9. The summed E-state index contributed by atoms with van der Waals surface area (Å²) in [6.07, 6.45) is 9.02. The van der Waals surface area contributed by atoms with E-state index in [2.05, 4.69) is 26.3 Å². The number of carbonyl (C=O) groups excluding carboxylic acids is 1. The van der Waals surface area contributed by atoms with Gasteiger partial charge in [0, 0.05) is 43.8 Å². The molecular formula is C22H23N5O. The van der Waals surface area contributed by atoms with Gasteiger partial charge in [0.15, 0.2) is 0 Å². The Morgan fingerprint density at radius 1 is 1.11 bits per heavy atom. The first kappa shape index (κ1) is 18.1. The van der Waals surface area contributed by atoms with Gasteiger partial charge in [-0.1, -0.05) is 6.07 Å². The van der Waals surface area contributed by atoms with Gasteiger partial charge >= 0.3 is 0 Å². The highest BCUT2D eigenvalue weighted by Crippen LogP contribution is 2.29. The van der Waals surface area contributed by atoms with Crippen molar-refractivity contribution in [2.45, 2.75) is 25.7 Å². The van der Waals surface area contributed by atoms with E-state index in [0.717, 1.165) is 36.6 Å². The number of anilines is 2. The van der Waals surface area contributed by atoms with E-state index in [1.54, 1.807) is 18.6 Å². The molecule has 0 bridgehead atoms. The van der Waals surface area contributed by atoms with Gasteiger partial charge in [0.1, 0.15) is 11.6 Å². The largest absolute Gasteiger partial charge is 0.338 e. The minimum atomic E-state index is 0.0572. The summed E-state index contributed by atoms with van der Waals surface area (Å²) in [6.45, 7) is 3.45. The molecule has 4 rings (SSSR count). The fourth-order valence-corrected chi connectivity index (χ4v) is 3.63. The first-order valence-corrected chi connectivity index (χ1v) is 9.54. The molecule has 1 saturated heterocycles. The van der Waals surface area contributed by atoms with Crippen LogP contribution in [0.5, 0.6) is 0 Å². The number of aromatic nitrogens is 3. The van der Waals surface area contributed by atoms with Crippen LogP contribution in [-0.4, -0.2) is 38.8 Å². The second-order valence-corrected chi connectivity index (χ2v) is 7.16. The number of piperidine rings is 1. The van der Waals surface area contributed by atoms with Gasteiger partial charge in [0.05, 0.1) is 5.56 Å². The number of pyridine rings is 3. The molecular weight excluding hydrogens is 350 g/mol. The van der Waals surface area contributed by atoms with Gasteiger partial charge in [-0.3, -0.25) is 9.78 Å². The van der Waals surface area contributed by atoms with Crippen molar-refractivity contribution in [3.63, 3.8) is 0 Å². The Morgan fingerprint density at radius 2 is 2.00 bits per heavy atom. The lowest BCUT2D eigenvalue weighted by atomic mass is 9.91. The predicted molar refractivity (Wildman–Crippen MR) is 109 cm³/mol. The summed E-state index contributed by atoms with van der Waals surface area (Å²) in [5.74, 6) is 1.88. The zero-order valence-electron chi connectivity index (χ0n) is 15.9. The molecule has 3 aromatic rings. The van der Waals surface area contributed by atoms with Gasteiger partial charge in [-0.05, 0) is 61.2 Å². The molecule has 1 N–H and O–H groups in total. The summed E-state index contributed by atoms with van der Waals surface area (Å²) in [5, 5.41) is 3.24. The predicted octanol–water partition coefficient (Wildman–Crippen LogP) is 3.94. The molecule has 1 fully saturated rings. The Bertz CT molecular complexity index is 960. The second kappa shape index (κ2) is 8.17. The molecule has 0 spiro atoms. The van der Waals surface area contributed by atoms with Crippen LogP contribution in [0.1, 0.15) is 40.2 Å². The minimum absolute atomic E-state index is 0.0572. The van der Waals surface area contributed by atoms with Crippen molar-refractivity contribution in [3.8, 4) is 0 Å². The second-order valence-electron chi connectivity index (χ2n) is 7.16. The van der Waals surface area contributed by atoms with Gasteiger partial charge in [-0.15, -0.1) is 0 Å². The van der Waals surface area contributed by atoms with E-state index in [1.807, 2.05) is 48.4 Å². The third-order valence-corrected chi connectivity index (χ3v) is 5.01. The average Bonchev–Trinajstić information content (AvgIpc) is 2.74. The molecule has 6 nitrogen and oxygen atoms in total. The van der Waals surface area contributed by atoms with Crippen molar-refractivity contribution >= 4 is 17.5 Å². The van der Waals surface area contributed by atoms with E-state index in [4.69, 9.17) is 0 Å². The number of nitrogens with one attached hydrogen (secondary N) is 1. The number of hydrogen-bond donors (Lipinski definition) is 1. The summed E-state index contributed by atoms with van der Waals surface area (Å²) in [7, 11) is 0. The zero-order chi connectivity index (χ0) is 19.3. The third-order valence-electron chi connectivity index (χ3n) is 5.01. The van der Waals surface area contributed by atoms with Crippen LogP contribution in [0.4, 0.5) is 11.6 Å². The number of hydrogen-bond acceptors (Lipinski definition) is 5. The lowest BCUT2D eigenvalue weighted by Gasteiger charge is -2.33. The van der Waals surface area contributed by atoms with Gasteiger partial charge < -0.3 is 10.2 Å². The summed E-state index contributed by atoms with van der Waals surface area (Å²) in [4.78, 5) is 27.7. The van der Waals surface area contributed by atoms with Crippen LogP contribution < -0.4 is 5.32 Å². The standard InChI is InChI=1S/C22H23N5O/c1-16-11-19(14-23-13-16)22(28)27-10-4-5-18(15-27)17-7-9-25-21(12-17)26-20-6-2-3-8-24-20/h2-3,6-9,11-14,18H,4-5,10,15H2,1H3,(H,24,25,26)/t18-/m0/s1. The SMILES string of the molecule is Cc1cncc(C(=O)N2CCC[C@H](c3ccnc(Nc4ccccn4)c3)C2)c1. The number of likely N-dealkylation sites (tertiary alicyclic amines) is 1. The molecule has 0 saturated carbocycles. The van der Waals surface area contributed by atoms with E-state index < -0.39 is 0 Å². The van der Waals surface area contributed by atoms with E-state index in [1.165, 1.54) is 5.56 Å². The Hall–Kier alpha value is -3.28. The lowest BCUT2D eigenvalue weighted by Crippen LogP contribution is -2.39. The molecule has 0 radical (unpaired) electrons. The summed E-state index contributed by atoms with van der Waals surface area (Å²) in [6, 6.07) is 11.7. The summed E-state index contributed by atoms with van der Waals surface area (Å²) in [5.41, 5.74) is 2.85. The average molecular weight is 373 g/mol. The maximum Gasteiger partial charge on any atom is 0.255 e. The Labute approximate surface area is 164 Å². The topological polar surface area (TPSA) is 71.0 Å². The molecule has 0 unspecified atom stereocenters. The Balaban J connectivity index is 1.48. The van der Waals surface area contributed by atoms with E-state index >= 15 is 0 Å². The quantitative estimate of drug-likeness (QED) is 0.750. The van der Waals surface area contributed by atoms with Crippen molar-refractivity contribution in [3.05, 3.63) is 77.9 Å². The number of rotatable bonds is 4. The first-order valence-electron chi connectivity index (χ1n) is 9.54. The number of aryl methyl sites for hydroxylation is 1. The highest BCUT2D eigenvalue weighted by atomic mass is 16.2. The van der Waals surface area contributed by atoms with Gasteiger partial charge in [-0.25, -0.2) is 9.97 Å². The van der Waals surface area contributed by atoms with Crippen LogP contribution in [0.15, 0.2) is 61.2 Å². The molecule has 1 amide bonds. The van der Waals surface area contributed by atoms with E-state index in [0.29, 0.717) is 18.0 Å². The molecule has 142 valence electrons. The normalized spacial score (nSPS) is 16.6. The molecule has 1 atom stereocenters. The molecule has 3 aromatic heterocycles. The van der Waals surface area contributed by atoms with Crippen LogP contribution in [0.3, 0.4) is 0 Å². The third kappa shape index (κ3) is 4.17. The first-order chi connectivity index (χ1) is 13.7. The number of carbonyl (C=O) groups is 1. The molecule has 1 aliphatic heterocycles. The molecule has 6 heteroatoms. The molecule has 0 aliphatic carbocycles. The highest BCUT2D eigenvalue weighted by Gasteiger charge is 2.26. The van der Waals surface area contributed by atoms with Crippen molar-refractivity contribution in [1.29, 1.82) is 0 Å².